The first kappa shape index (κ1) is 11.7. The summed E-state index contributed by atoms with van der Waals surface area (Å²) in [6.07, 6.45) is 1.42. The van der Waals surface area contributed by atoms with Crippen molar-refractivity contribution >= 4 is 23.1 Å². The molecule has 1 heterocycles. The minimum atomic E-state index is -0.557. The summed E-state index contributed by atoms with van der Waals surface area (Å²) >= 11 is 5.58. The van der Waals surface area contributed by atoms with Crippen LogP contribution >= 0.6 is 11.6 Å². The van der Waals surface area contributed by atoms with Crippen molar-refractivity contribution in [3.05, 3.63) is 46.9 Å². The molecule has 3 nitrogen and oxygen atoms in total. The van der Waals surface area contributed by atoms with Gasteiger partial charge in [-0.25, -0.2) is 18.7 Å². The average molecular weight is 256 g/mol. The maximum atomic E-state index is 13.5. The number of hydrogen-bond donors (Lipinski definition) is 1. The van der Waals surface area contributed by atoms with Crippen LogP contribution in [0.2, 0.25) is 5.28 Å². The van der Waals surface area contributed by atoms with E-state index in [1.54, 1.807) is 0 Å². The van der Waals surface area contributed by atoms with E-state index in [1.807, 2.05) is 0 Å². The Hall–Kier alpha value is -1.75. The van der Waals surface area contributed by atoms with Crippen molar-refractivity contribution in [3.8, 4) is 0 Å². The first-order valence-corrected chi connectivity index (χ1v) is 5.15. The van der Waals surface area contributed by atoms with Crippen molar-refractivity contribution in [1.82, 2.24) is 9.97 Å². The van der Waals surface area contributed by atoms with Crippen LogP contribution in [0.4, 0.5) is 20.3 Å². The average Bonchev–Trinajstić information content (AvgIpc) is 2.26. The van der Waals surface area contributed by atoms with E-state index < -0.39 is 11.6 Å². The molecule has 1 aromatic carbocycles. The maximum absolute atomic E-state index is 13.5. The van der Waals surface area contributed by atoms with Gasteiger partial charge in [-0.3, -0.25) is 0 Å². The maximum Gasteiger partial charge on any atom is 0.224 e. The molecule has 0 aliphatic rings. The highest BCUT2D eigenvalue weighted by atomic mass is 35.5. The van der Waals surface area contributed by atoms with Crippen LogP contribution in [0.1, 0.15) is 5.56 Å². The van der Waals surface area contributed by atoms with E-state index in [0.717, 1.165) is 12.1 Å². The molecular formula is C11H8ClF2N3. The Bertz CT molecular complexity index is 560. The number of hydrogen-bond acceptors (Lipinski definition) is 3. The van der Waals surface area contributed by atoms with E-state index in [-0.39, 0.29) is 16.5 Å². The predicted molar refractivity (Wildman–Crippen MR) is 61.4 cm³/mol. The van der Waals surface area contributed by atoms with Crippen LogP contribution in [-0.4, -0.2) is 9.97 Å². The molecule has 0 fully saturated rings. The van der Waals surface area contributed by atoms with Crippen LogP contribution in [0.5, 0.6) is 0 Å². The van der Waals surface area contributed by atoms with Gasteiger partial charge in [0, 0.05) is 12.3 Å². The van der Waals surface area contributed by atoms with Crippen LogP contribution in [0.25, 0.3) is 0 Å². The zero-order valence-corrected chi connectivity index (χ0v) is 9.59. The number of aromatic nitrogens is 2. The molecule has 6 heteroatoms. The predicted octanol–water partition coefficient (Wildman–Crippen LogP) is 3.46. The standard InChI is InChI=1S/C11H8ClF2N3/c1-6-4-8(14)9(5-7(6)13)16-10-2-3-15-11(12)17-10/h2-5H,1H3,(H,15,16,17). The first-order chi connectivity index (χ1) is 8.06. The Morgan fingerprint density at radius 2 is 2.00 bits per heavy atom. The Morgan fingerprint density at radius 1 is 1.24 bits per heavy atom. The molecule has 0 aliphatic carbocycles. The van der Waals surface area contributed by atoms with Crippen LogP contribution in [-0.2, 0) is 0 Å². The van der Waals surface area contributed by atoms with Crippen molar-refractivity contribution in [2.45, 2.75) is 6.92 Å². The van der Waals surface area contributed by atoms with Crippen LogP contribution in [0.3, 0.4) is 0 Å². The highest BCUT2D eigenvalue weighted by molar-refractivity contribution is 6.28. The van der Waals surface area contributed by atoms with Crippen LogP contribution in [0, 0.1) is 18.6 Å². The number of nitrogens with one attached hydrogen (secondary N) is 1. The minimum absolute atomic E-state index is 0.00265. The van der Waals surface area contributed by atoms with E-state index in [0.29, 0.717) is 5.82 Å². The summed E-state index contributed by atoms with van der Waals surface area (Å²) < 4.78 is 26.8. The lowest BCUT2D eigenvalue weighted by atomic mass is 10.2. The number of nitrogens with zero attached hydrogens (tertiary/aromatic N) is 2. The van der Waals surface area contributed by atoms with Gasteiger partial charge < -0.3 is 5.32 Å². The largest absolute Gasteiger partial charge is 0.338 e. The number of halogens is 3. The lowest BCUT2D eigenvalue weighted by molar-refractivity contribution is 0.595. The zero-order valence-electron chi connectivity index (χ0n) is 8.84. The quantitative estimate of drug-likeness (QED) is 0.835. The molecular weight excluding hydrogens is 248 g/mol. The molecule has 0 unspecified atom stereocenters. The summed E-state index contributed by atoms with van der Waals surface area (Å²) in [5.74, 6) is -0.750. The SMILES string of the molecule is Cc1cc(F)c(Nc2ccnc(Cl)n2)cc1F. The van der Waals surface area contributed by atoms with Crippen molar-refractivity contribution in [1.29, 1.82) is 0 Å². The van der Waals surface area contributed by atoms with Gasteiger partial charge in [0.15, 0.2) is 0 Å². The molecule has 0 spiro atoms. The molecule has 0 saturated carbocycles. The highest BCUT2D eigenvalue weighted by Gasteiger charge is 2.08. The fourth-order valence-electron chi connectivity index (χ4n) is 1.28. The molecule has 2 aromatic rings. The highest BCUT2D eigenvalue weighted by Crippen LogP contribution is 2.22. The number of benzene rings is 1. The van der Waals surface area contributed by atoms with Crippen molar-refractivity contribution in [2.75, 3.05) is 5.32 Å². The Morgan fingerprint density at radius 3 is 2.71 bits per heavy atom. The van der Waals surface area contributed by atoms with Gasteiger partial charge in [0.2, 0.25) is 5.28 Å². The normalized spacial score (nSPS) is 10.4. The zero-order chi connectivity index (χ0) is 12.4. The topological polar surface area (TPSA) is 37.8 Å². The third-order valence-electron chi connectivity index (χ3n) is 2.14. The van der Waals surface area contributed by atoms with Gasteiger partial charge in [-0.15, -0.1) is 0 Å². The summed E-state index contributed by atoms with van der Waals surface area (Å²) in [6, 6.07) is 3.68. The Balaban J connectivity index is 2.33. The molecule has 0 amide bonds. The molecule has 88 valence electrons. The van der Waals surface area contributed by atoms with E-state index >= 15 is 0 Å². The van der Waals surface area contributed by atoms with Crippen LogP contribution in [0.15, 0.2) is 24.4 Å². The second-order valence-electron chi connectivity index (χ2n) is 3.42. The fraction of sp³-hybridized carbons (Fsp3) is 0.0909. The van der Waals surface area contributed by atoms with Crippen molar-refractivity contribution < 1.29 is 8.78 Å². The first-order valence-electron chi connectivity index (χ1n) is 4.77. The molecule has 0 radical (unpaired) electrons. The van der Waals surface area contributed by atoms with Gasteiger partial charge in [-0.2, -0.15) is 0 Å². The van der Waals surface area contributed by atoms with Gasteiger partial charge in [-0.1, -0.05) is 0 Å². The summed E-state index contributed by atoms with van der Waals surface area (Å²) in [4.78, 5) is 7.50. The third kappa shape index (κ3) is 2.68. The molecule has 1 aromatic heterocycles. The lowest BCUT2D eigenvalue weighted by Crippen LogP contribution is -1.99. The molecule has 1 N–H and O–H groups in total. The molecule has 0 saturated heterocycles. The molecule has 0 atom stereocenters. The molecule has 0 bridgehead atoms. The minimum Gasteiger partial charge on any atom is -0.338 e. The van der Waals surface area contributed by atoms with Gasteiger partial charge in [0.25, 0.3) is 0 Å². The van der Waals surface area contributed by atoms with Crippen molar-refractivity contribution in [2.24, 2.45) is 0 Å². The molecule has 17 heavy (non-hydrogen) atoms. The van der Waals surface area contributed by atoms with E-state index in [9.17, 15) is 8.78 Å². The number of rotatable bonds is 2. The summed E-state index contributed by atoms with van der Waals surface area (Å²) in [7, 11) is 0. The second kappa shape index (κ2) is 4.63. The fourth-order valence-corrected chi connectivity index (χ4v) is 1.43. The Kier molecular flexibility index (Phi) is 3.19. The smallest absolute Gasteiger partial charge is 0.224 e. The molecule has 2 rings (SSSR count). The van der Waals surface area contributed by atoms with Gasteiger partial charge in [0.1, 0.15) is 17.5 Å². The number of aryl methyl sites for hydroxylation is 1. The van der Waals surface area contributed by atoms with E-state index in [4.69, 9.17) is 11.6 Å². The van der Waals surface area contributed by atoms with E-state index in [2.05, 4.69) is 15.3 Å². The number of anilines is 2. The van der Waals surface area contributed by atoms with Crippen molar-refractivity contribution in [3.63, 3.8) is 0 Å². The van der Waals surface area contributed by atoms with Gasteiger partial charge in [-0.05, 0) is 36.2 Å². The molecule has 0 aliphatic heterocycles. The van der Waals surface area contributed by atoms with Gasteiger partial charge >= 0.3 is 0 Å². The third-order valence-corrected chi connectivity index (χ3v) is 2.32. The summed E-state index contributed by atoms with van der Waals surface area (Å²) in [5, 5.41) is 2.66. The monoisotopic (exact) mass is 255 g/mol. The van der Waals surface area contributed by atoms with Crippen LogP contribution < -0.4 is 5.32 Å². The lowest BCUT2D eigenvalue weighted by Gasteiger charge is -2.08. The second-order valence-corrected chi connectivity index (χ2v) is 3.76. The van der Waals surface area contributed by atoms with E-state index in [1.165, 1.54) is 19.2 Å². The Labute approximate surface area is 101 Å². The summed E-state index contributed by atoms with van der Waals surface area (Å²) in [6.45, 7) is 1.49. The summed E-state index contributed by atoms with van der Waals surface area (Å²) in [5.41, 5.74) is 0.247. The van der Waals surface area contributed by atoms with Gasteiger partial charge in [0.05, 0.1) is 5.69 Å².